The van der Waals surface area contributed by atoms with Crippen LogP contribution in [0.3, 0.4) is 0 Å². The number of benzene rings is 3. The minimum Gasteiger partial charge on any atom is -0.497 e. The Morgan fingerprint density at radius 3 is 2.26 bits per heavy atom. The number of rotatable bonds is 3. The molecule has 0 spiro atoms. The first kappa shape index (κ1) is 18.3. The Kier molecular flexibility index (Phi) is 5.33. The molecule has 3 rings (SSSR count). The van der Waals surface area contributed by atoms with Gasteiger partial charge in [-0.3, -0.25) is 0 Å². The van der Waals surface area contributed by atoms with Crippen molar-refractivity contribution in [1.82, 2.24) is 0 Å². The van der Waals surface area contributed by atoms with Gasteiger partial charge in [0.05, 0.1) is 12.7 Å². The van der Waals surface area contributed by atoms with E-state index < -0.39 is 17.5 Å². The molecule has 3 aromatic carbocycles. The molecule has 0 amide bonds. The van der Waals surface area contributed by atoms with Crippen molar-refractivity contribution >= 4 is 6.08 Å². The Hall–Kier alpha value is -3.45. The normalized spacial score (nSPS) is 10.1. The van der Waals surface area contributed by atoms with Crippen LogP contribution in [-0.2, 0) is 0 Å². The Morgan fingerprint density at radius 2 is 1.63 bits per heavy atom. The molecule has 27 heavy (non-hydrogen) atoms. The van der Waals surface area contributed by atoms with Gasteiger partial charge in [0.1, 0.15) is 11.6 Å². The summed E-state index contributed by atoms with van der Waals surface area (Å²) in [5.74, 6) is 3.47. The molecule has 0 aliphatic heterocycles. The molecule has 134 valence electrons. The van der Waals surface area contributed by atoms with Gasteiger partial charge in [0.25, 0.3) is 0 Å². The van der Waals surface area contributed by atoms with Crippen molar-refractivity contribution in [1.29, 1.82) is 0 Å². The van der Waals surface area contributed by atoms with E-state index in [4.69, 9.17) is 4.74 Å². The highest BCUT2D eigenvalue weighted by Crippen LogP contribution is 2.26. The molecule has 0 heterocycles. The Labute approximate surface area is 155 Å². The van der Waals surface area contributed by atoms with E-state index in [0.29, 0.717) is 22.4 Å². The van der Waals surface area contributed by atoms with Crippen LogP contribution in [0.1, 0.15) is 16.7 Å². The van der Waals surface area contributed by atoms with Crippen LogP contribution >= 0.6 is 0 Å². The van der Waals surface area contributed by atoms with Crippen LogP contribution in [0.2, 0.25) is 0 Å². The maximum absolute atomic E-state index is 14.1. The van der Waals surface area contributed by atoms with Gasteiger partial charge in [-0.05, 0) is 35.9 Å². The van der Waals surface area contributed by atoms with Crippen molar-refractivity contribution in [2.45, 2.75) is 0 Å². The molecule has 1 nitrogen and oxygen atoms in total. The lowest BCUT2D eigenvalue weighted by atomic mass is 10.0. The molecule has 0 saturated carbocycles. The number of hydrogen-bond donors (Lipinski definition) is 0. The molecule has 0 fully saturated rings. The number of ether oxygens (including phenoxy) is 1. The molecule has 0 bridgehead atoms. The number of hydrogen-bond acceptors (Lipinski definition) is 1. The van der Waals surface area contributed by atoms with Gasteiger partial charge in [0.2, 0.25) is 0 Å². The van der Waals surface area contributed by atoms with E-state index >= 15 is 0 Å². The SMILES string of the molecule is C=Cc1ccc(C#Cc2ccc(-c3ccc(OC)cc3F)cc2)c(F)c1F. The Bertz CT molecular complexity index is 1060. The molecule has 0 radical (unpaired) electrons. The minimum atomic E-state index is -1.00. The van der Waals surface area contributed by atoms with Gasteiger partial charge in [0, 0.05) is 22.8 Å². The lowest BCUT2D eigenvalue weighted by Crippen LogP contribution is -1.93. The molecule has 0 unspecified atom stereocenters. The summed E-state index contributed by atoms with van der Waals surface area (Å²) >= 11 is 0. The highest BCUT2D eigenvalue weighted by molar-refractivity contribution is 5.66. The lowest BCUT2D eigenvalue weighted by Gasteiger charge is -2.06. The molecular weight excluding hydrogens is 349 g/mol. The third-order valence-electron chi connectivity index (χ3n) is 4.05. The van der Waals surface area contributed by atoms with Crippen LogP contribution in [0.5, 0.6) is 5.75 Å². The predicted octanol–water partition coefficient (Wildman–Crippen LogP) is 5.82. The van der Waals surface area contributed by atoms with Crippen molar-refractivity contribution in [2.24, 2.45) is 0 Å². The molecule has 0 saturated heterocycles. The summed E-state index contributed by atoms with van der Waals surface area (Å²) in [4.78, 5) is 0. The number of halogens is 3. The fourth-order valence-electron chi connectivity index (χ4n) is 2.55. The average Bonchev–Trinajstić information content (AvgIpc) is 2.69. The van der Waals surface area contributed by atoms with Crippen LogP contribution in [0.15, 0.2) is 61.2 Å². The van der Waals surface area contributed by atoms with Crippen LogP contribution < -0.4 is 4.74 Å². The molecule has 0 aliphatic rings. The first-order valence-electron chi connectivity index (χ1n) is 8.10. The number of methoxy groups -OCH3 is 1. The lowest BCUT2D eigenvalue weighted by molar-refractivity contribution is 0.411. The van der Waals surface area contributed by atoms with E-state index in [-0.39, 0.29) is 11.1 Å². The first-order chi connectivity index (χ1) is 13.0. The molecule has 4 heteroatoms. The largest absolute Gasteiger partial charge is 0.497 e. The van der Waals surface area contributed by atoms with E-state index in [1.54, 1.807) is 36.4 Å². The molecule has 0 aromatic heterocycles. The second-order valence-electron chi connectivity index (χ2n) is 5.71. The van der Waals surface area contributed by atoms with Gasteiger partial charge in [-0.15, -0.1) is 0 Å². The Morgan fingerprint density at radius 1 is 0.889 bits per heavy atom. The van der Waals surface area contributed by atoms with Crippen LogP contribution in [0, 0.1) is 29.3 Å². The maximum atomic E-state index is 14.1. The van der Waals surface area contributed by atoms with E-state index in [1.165, 1.54) is 31.4 Å². The summed E-state index contributed by atoms with van der Waals surface area (Å²) < 4.78 is 46.9. The fourth-order valence-corrected chi connectivity index (χ4v) is 2.55. The highest BCUT2D eigenvalue weighted by atomic mass is 19.2. The van der Waals surface area contributed by atoms with Crippen LogP contribution in [0.25, 0.3) is 17.2 Å². The van der Waals surface area contributed by atoms with E-state index in [2.05, 4.69) is 18.4 Å². The van der Waals surface area contributed by atoms with E-state index in [1.807, 2.05) is 0 Å². The van der Waals surface area contributed by atoms with E-state index in [9.17, 15) is 13.2 Å². The fraction of sp³-hybridized carbons (Fsp3) is 0.0435. The van der Waals surface area contributed by atoms with E-state index in [0.717, 1.165) is 0 Å². The molecule has 0 aliphatic carbocycles. The van der Waals surface area contributed by atoms with Gasteiger partial charge in [-0.1, -0.05) is 42.7 Å². The third-order valence-corrected chi connectivity index (χ3v) is 4.05. The first-order valence-corrected chi connectivity index (χ1v) is 8.10. The van der Waals surface area contributed by atoms with Gasteiger partial charge in [-0.25, -0.2) is 13.2 Å². The van der Waals surface area contributed by atoms with Crippen molar-refractivity contribution < 1.29 is 17.9 Å². The van der Waals surface area contributed by atoms with Crippen LogP contribution in [-0.4, -0.2) is 7.11 Å². The predicted molar refractivity (Wildman–Crippen MR) is 101 cm³/mol. The Balaban J connectivity index is 1.87. The quantitative estimate of drug-likeness (QED) is 0.532. The second-order valence-corrected chi connectivity index (χ2v) is 5.71. The van der Waals surface area contributed by atoms with Gasteiger partial charge in [0.15, 0.2) is 11.6 Å². The zero-order valence-electron chi connectivity index (χ0n) is 14.5. The van der Waals surface area contributed by atoms with Crippen molar-refractivity contribution in [2.75, 3.05) is 7.11 Å². The maximum Gasteiger partial charge on any atom is 0.175 e. The smallest absolute Gasteiger partial charge is 0.175 e. The summed E-state index contributed by atoms with van der Waals surface area (Å²) in [7, 11) is 1.47. The zero-order valence-corrected chi connectivity index (χ0v) is 14.5. The van der Waals surface area contributed by atoms with Crippen molar-refractivity contribution in [3.8, 4) is 28.7 Å². The van der Waals surface area contributed by atoms with Crippen LogP contribution in [0.4, 0.5) is 13.2 Å². The summed E-state index contributed by atoms with van der Waals surface area (Å²) in [6.45, 7) is 3.43. The molecule has 0 N–H and O–H groups in total. The van der Waals surface area contributed by atoms with Gasteiger partial charge >= 0.3 is 0 Å². The summed E-state index contributed by atoms with van der Waals surface area (Å²) in [6, 6.07) is 14.3. The molecule has 0 atom stereocenters. The van der Waals surface area contributed by atoms with Crippen molar-refractivity contribution in [3.05, 3.63) is 95.3 Å². The second kappa shape index (κ2) is 7.84. The zero-order chi connectivity index (χ0) is 19.4. The summed E-state index contributed by atoms with van der Waals surface area (Å²) in [6.07, 6.45) is 1.24. The topological polar surface area (TPSA) is 9.23 Å². The standard InChI is InChI=1S/C23H15F3O/c1-3-16-10-11-18(23(26)22(16)25)9-6-15-4-7-17(8-5-15)20-13-12-19(27-2)14-21(20)24/h3-5,7-8,10-14H,1H2,2H3. The average molecular weight is 364 g/mol. The molecular formula is C23H15F3O. The highest BCUT2D eigenvalue weighted by Gasteiger charge is 2.10. The third kappa shape index (κ3) is 3.88. The van der Waals surface area contributed by atoms with Crippen molar-refractivity contribution in [3.63, 3.8) is 0 Å². The monoisotopic (exact) mass is 364 g/mol. The summed E-state index contributed by atoms with van der Waals surface area (Å²) in [5, 5.41) is 0. The molecule has 3 aromatic rings. The summed E-state index contributed by atoms with van der Waals surface area (Å²) in [5.41, 5.74) is 1.75. The van der Waals surface area contributed by atoms with Gasteiger partial charge in [-0.2, -0.15) is 0 Å². The minimum absolute atomic E-state index is 0.0385. The van der Waals surface area contributed by atoms with Gasteiger partial charge < -0.3 is 4.74 Å².